The molecule has 0 saturated heterocycles. The average molecular weight is 283 g/mol. The SMILES string of the molecule is COc1ccc(OC)c([C@@H](C)N=Cc2ccc(C)cc2)c1. The van der Waals surface area contributed by atoms with Gasteiger partial charge in [0.1, 0.15) is 11.5 Å². The summed E-state index contributed by atoms with van der Waals surface area (Å²) in [5.74, 6) is 1.63. The van der Waals surface area contributed by atoms with Crippen LogP contribution in [-0.2, 0) is 0 Å². The van der Waals surface area contributed by atoms with Gasteiger partial charge in [0.2, 0.25) is 0 Å². The number of ether oxygens (including phenoxy) is 2. The number of benzene rings is 2. The van der Waals surface area contributed by atoms with Gasteiger partial charge in [-0.3, -0.25) is 4.99 Å². The Bertz CT molecular complexity index is 618. The van der Waals surface area contributed by atoms with Gasteiger partial charge in [-0.25, -0.2) is 0 Å². The molecule has 2 rings (SSSR count). The lowest BCUT2D eigenvalue weighted by Crippen LogP contribution is -1.97. The van der Waals surface area contributed by atoms with Gasteiger partial charge in [0, 0.05) is 11.8 Å². The molecule has 0 aromatic heterocycles. The fourth-order valence-corrected chi connectivity index (χ4v) is 2.10. The van der Waals surface area contributed by atoms with Crippen LogP contribution in [0, 0.1) is 6.92 Å². The molecule has 0 fully saturated rings. The van der Waals surface area contributed by atoms with Crippen molar-refractivity contribution in [3.05, 3.63) is 59.2 Å². The molecule has 0 radical (unpaired) electrons. The van der Waals surface area contributed by atoms with Crippen LogP contribution in [0.2, 0.25) is 0 Å². The van der Waals surface area contributed by atoms with Gasteiger partial charge < -0.3 is 9.47 Å². The molecular weight excluding hydrogens is 262 g/mol. The summed E-state index contributed by atoms with van der Waals surface area (Å²) in [5.41, 5.74) is 3.35. The van der Waals surface area contributed by atoms with Gasteiger partial charge in [-0.15, -0.1) is 0 Å². The van der Waals surface area contributed by atoms with E-state index in [4.69, 9.17) is 9.47 Å². The van der Waals surface area contributed by atoms with Crippen molar-refractivity contribution in [2.45, 2.75) is 19.9 Å². The third-order valence-corrected chi connectivity index (χ3v) is 3.41. The molecule has 2 aromatic rings. The second-order valence-electron chi connectivity index (χ2n) is 4.97. The van der Waals surface area contributed by atoms with Crippen molar-refractivity contribution in [2.24, 2.45) is 4.99 Å². The maximum absolute atomic E-state index is 5.40. The second kappa shape index (κ2) is 6.93. The van der Waals surface area contributed by atoms with Gasteiger partial charge in [0.05, 0.1) is 20.3 Å². The maximum Gasteiger partial charge on any atom is 0.124 e. The molecule has 0 spiro atoms. The number of hydrogen-bond acceptors (Lipinski definition) is 3. The van der Waals surface area contributed by atoms with E-state index in [2.05, 4.69) is 36.2 Å². The summed E-state index contributed by atoms with van der Waals surface area (Å²) in [6.45, 7) is 4.12. The lowest BCUT2D eigenvalue weighted by molar-refractivity contribution is 0.396. The van der Waals surface area contributed by atoms with Crippen LogP contribution in [0.3, 0.4) is 0 Å². The summed E-state index contributed by atoms with van der Waals surface area (Å²) in [5, 5.41) is 0. The van der Waals surface area contributed by atoms with Gasteiger partial charge in [-0.2, -0.15) is 0 Å². The van der Waals surface area contributed by atoms with Gasteiger partial charge in [-0.05, 0) is 37.6 Å². The number of nitrogens with zero attached hydrogens (tertiary/aromatic N) is 1. The highest BCUT2D eigenvalue weighted by Crippen LogP contribution is 2.31. The Morgan fingerprint density at radius 2 is 1.71 bits per heavy atom. The van der Waals surface area contributed by atoms with E-state index in [1.54, 1.807) is 14.2 Å². The van der Waals surface area contributed by atoms with Gasteiger partial charge >= 0.3 is 0 Å². The predicted molar refractivity (Wildman–Crippen MR) is 86.7 cm³/mol. The van der Waals surface area contributed by atoms with Gasteiger partial charge in [-0.1, -0.05) is 29.8 Å². The van der Waals surface area contributed by atoms with Crippen molar-refractivity contribution >= 4 is 6.21 Å². The number of hydrogen-bond donors (Lipinski definition) is 0. The van der Waals surface area contributed by atoms with Crippen molar-refractivity contribution in [3.8, 4) is 11.5 Å². The zero-order valence-corrected chi connectivity index (χ0v) is 13.0. The lowest BCUT2D eigenvalue weighted by atomic mass is 10.1. The third-order valence-electron chi connectivity index (χ3n) is 3.41. The Morgan fingerprint density at radius 3 is 2.33 bits per heavy atom. The van der Waals surface area contributed by atoms with E-state index < -0.39 is 0 Å². The number of aliphatic imine (C=N–C) groups is 1. The van der Waals surface area contributed by atoms with E-state index in [0.29, 0.717) is 0 Å². The molecule has 0 aliphatic carbocycles. The van der Waals surface area contributed by atoms with Crippen LogP contribution in [0.15, 0.2) is 47.5 Å². The summed E-state index contributed by atoms with van der Waals surface area (Å²) in [4.78, 5) is 4.62. The average Bonchev–Trinajstić information content (AvgIpc) is 2.53. The molecule has 0 bridgehead atoms. The summed E-state index contributed by atoms with van der Waals surface area (Å²) < 4.78 is 10.7. The summed E-state index contributed by atoms with van der Waals surface area (Å²) >= 11 is 0. The molecule has 2 aromatic carbocycles. The van der Waals surface area contributed by atoms with Crippen LogP contribution in [0.25, 0.3) is 0 Å². The molecule has 21 heavy (non-hydrogen) atoms. The third kappa shape index (κ3) is 3.85. The zero-order chi connectivity index (χ0) is 15.2. The van der Waals surface area contributed by atoms with Gasteiger partial charge in [0.15, 0.2) is 0 Å². The molecule has 1 atom stereocenters. The van der Waals surface area contributed by atoms with Crippen molar-refractivity contribution in [1.82, 2.24) is 0 Å². The molecule has 0 amide bonds. The van der Waals surface area contributed by atoms with E-state index in [0.717, 1.165) is 22.6 Å². The molecule has 0 aliphatic rings. The first-order valence-electron chi connectivity index (χ1n) is 6.96. The van der Waals surface area contributed by atoms with Crippen LogP contribution in [0.4, 0.5) is 0 Å². The first-order chi connectivity index (χ1) is 10.1. The van der Waals surface area contributed by atoms with Crippen LogP contribution in [0.1, 0.15) is 29.7 Å². The van der Waals surface area contributed by atoms with Crippen molar-refractivity contribution in [3.63, 3.8) is 0 Å². The molecule has 0 saturated carbocycles. The summed E-state index contributed by atoms with van der Waals surface area (Å²) in [7, 11) is 3.33. The van der Waals surface area contributed by atoms with E-state index in [1.807, 2.05) is 31.3 Å². The Morgan fingerprint density at radius 1 is 1.00 bits per heavy atom. The minimum Gasteiger partial charge on any atom is -0.497 e. The Labute approximate surface area is 126 Å². The standard InChI is InChI=1S/C18H21NO2/c1-13-5-7-15(8-6-13)12-19-14(2)17-11-16(20-3)9-10-18(17)21-4/h5-12,14H,1-4H3/t14-/m1/s1. The lowest BCUT2D eigenvalue weighted by Gasteiger charge is -2.13. The number of rotatable bonds is 5. The van der Waals surface area contributed by atoms with E-state index in [-0.39, 0.29) is 6.04 Å². The highest BCUT2D eigenvalue weighted by molar-refractivity contribution is 5.79. The second-order valence-corrected chi connectivity index (χ2v) is 4.97. The van der Waals surface area contributed by atoms with Crippen LogP contribution < -0.4 is 9.47 Å². The highest BCUT2D eigenvalue weighted by atomic mass is 16.5. The van der Waals surface area contributed by atoms with Crippen LogP contribution >= 0.6 is 0 Å². The van der Waals surface area contributed by atoms with Crippen LogP contribution in [0.5, 0.6) is 11.5 Å². The normalized spacial score (nSPS) is 12.4. The van der Waals surface area contributed by atoms with Gasteiger partial charge in [0.25, 0.3) is 0 Å². The fourth-order valence-electron chi connectivity index (χ4n) is 2.10. The monoisotopic (exact) mass is 283 g/mol. The molecule has 0 N–H and O–H groups in total. The molecule has 0 unspecified atom stereocenters. The number of methoxy groups -OCH3 is 2. The minimum atomic E-state index is -0.00338. The Kier molecular flexibility index (Phi) is 4.99. The summed E-state index contributed by atoms with van der Waals surface area (Å²) in [6.07, 6.45) is 1.89. The number of aryl methyl sites for hydroxylation is 1. The molecule has 110 valence electrons. The molecular formula is C18H21NO2. The highest BCUT2D eigenvalue weighted by Gasteiger charge is 2.11. The first-order valence-corrected chi connectivity index (χ1v) is 6.96. The van der Waals surface area contributed by atoms with Crippen molar-refractivity contribution in [1.29, 1.82) is 0 Å². The Hall–Kier alpha value is -2.29. The minimum absolute atomic E-state index is 0.00338. The smallest absolute Gasteiger partial charge is 0.124 e. The molecule has 0 heterocycles. The topological polar surface area (TPSA) is 30.8 Å². The molecule has 3 heteroatoms. The Balaban J connectivity index is 2.22. The summed E-state index contributed by atoms with van der Waals surface area (Å²) in [6, 6.07) is 14.1. The molecule has 0 aliphatic heterocycles. The van der Waals surface area contributed by atoms with Crippen molar-refractivity contribution in [2.75, 3.05) is 14.2 Å². The zero-order valence-electron chi connectivity index (χ0n) is 13.0. The van der Waals surface area contributed by atoms with Crippen molar-refractivity contribution < 1.29 is 9.47 Å². The van der Waals surface area contributed by atoms with E-state index in [1.165, 1.54) is 5.56 Å². The quantitative estimate of drug-likeness (QED) is 0.770. The molecule has 3 nitrogen and oxygen atoms in total. The first kappa shape index (κ1) is 15.1. The van der Waals surface area contributed by atoms with E-state index >= 15 is 0 Å². The maximum atomic E-state index is 5.40. The fraction of sp³-hybridized carbons (Fsp3) is 0.278. The van der Waals surface area contributed by atoms with Crippen LogP contribution in [-0.4, -0.2) is 20.4 Å². The van der Waals surface area contributed by atoms with E-state index in [9.17, 15) is 0 Å². The largest absolute Gasteiger partial charge is 0.497 e. The predicted octanol–water partition coefficient (Wildman–Crippen LogP) is 4.19.